The lowest BCUT2D eigenvalue weighted by Gasteiger charge is -2.29. The van der Waals surface area contributed by atoms with E-state index in [9.17, 15) is 9.59 Å². The molecule has 2 aromatic carbocycles. The Labute approximate surface area is 182 Å². The van der Waals surface area contributed by atoms with Gasteiger partial charge >= 0.3 is 5.97 Å². The van der Waals surface area contributed by atoms with E-state index in [0.29, 0.717) is 50.7 Å². The first kappa shape index (κ1) is 22.1. The topological polar surface area (TPSA) is 59.1 Å². The highest BCUT2D eigenvalue weighted by atomic mass is 35.5. The van der Waals surface area contributed by atoms with E-state index in [1.165, 1.54) is 7.11 Å². The molecular formula is C23H27ClN2O4. The number of hydrogen-bond acceptors (Lipinski definition) is 5. The molecule has 3 rings (SSSR count). The van der Waals surface area contributed by atoms with E-state index >= 15 is 0 Å². The van der Waals surface area contributed by atoms with Crippen molar-refractivity contribution in [3.05, 3.63) is 65.2 Å². The standard InChI is InChI=1S/C23H27ClN2O4/c1-29-23(28)21(11-15-30-17-18-6-3-2-4-7-18)26-14-13-25(12-10-22(26)27)20-9-5-8-19(24)16-20/h2-9,16,21H,10-15,17H2,1H3/t21-/m0/s1. The van der Waals surface area contributed by atoms with Gasteiger partial charge in [0.1, 0.15) is 6.04 Å². The number of benzene rings is 2. The number of hydrogen-bond donors (Lipinski definition) is 0. The Morgan fingerprint density at radius 2 is 1.90 bits per heavy atom. The van der Waals surface area contributed by atoms with E-state index in [4.69, 9.17) is 21.1 Å². The Hall–Kier alpha value is -2.57. The van der Waals surface area contributed by atoms with Crippen molar-refractivity contribution in [3.8, 4) is 0 Å². The Balaban J connectivity index is 1.61. The van der Waals surface area contributed by atoms with Crippen LogP contribution in [-0.4, -0.2) is 56.2 Å². The van der Waals surface area contributed by atoms with Crippen LogP contribution in [-0.2, 0) is 25.7 Å². The molecule has 160 valence electrons. The number of methoxy groups -OCH3 is 1. The summed E-state index contributed by atoms with van der Waals surface area (Å²) in [5.74, 6) is -0.471. The fourth-order valence-corrected chi connectivity index (χ4v) is 3.78. The van der Waals surface area contributed by atoms with E-state index in [-0.39, 0.29) is 5.91 Å². The number of rotatable bonds is 8. The molecule has 1 fully saturated rings. The molecule has 0 aliphatic carbocycles. The van der Waals surface area contributed by atoms with Crippen LogP contribution in [0.2, 0.25) is 5.02 Å². The molecule has 1 aliphatic heterocycles. The summed E-state index contributed by atoms with van der Waals surface area (Å²) in [4.78, 5) is 29.0. The average Bonchev–Trinajstić information content (AvgIpc) is 2.96. The number of carbonyl (C=O) groups is 2. The molecule has 0 saturated carbocycles. The van der Waals surface area contributed by atoms with E-state index in [2.05, 4.69) is 4.90 Å². The van der Waals surface area contributed by atoms with Crippen LogP contribution in [0.25, 0.3) is 0 Å². The monoisotopic (exact) mass is 430 g/mol. The summed E-state index contributed by atoms with van der Waals surface area (Å²) < 4.78 is 10.7. The SMILES string of the molecule is COC(=O)[C@H](CCOCc1ccccc1)N1CCN(c2cccc(Cl)c2)CCC1=O. The fourth-order valence-electron chi connectivity index (χ4n) is 3.60. The number of carbonyl (C=O) groups excluding carboxylic acids is 2. The van der Waals surface area contributed by atoms with Crippen molar-refractivity contribution < 1.29 is 19.1 Å². The van der Waals surface area contributed by atoms with E-state index < -0.39 is 12.0 Å². The van der Waals surface area contributed by atoms with Gasteiger partial charge in [0.2, 0.25) is 5.91 Å². The molecule has 0 unspecified atom stereocenters. The van der Waals surface area contributed by atoms with Crippen LogP contribution >= 0.6 is 11.6 Å². The molecular weight excluding hydrogens is 404 g/mol. The van der Waals surface area contributed by atoms with Gasteiger partial charge in [-0.1, -0.05) is 48.0 Å². The normalized spacial score (nSPS) is 15.6. The van der Waals surface area contributed by atoms with Gasteiger partial charge in [0, 0.05) is 49.8 Å². The van der Waals surface area contributed by atoms with Crippen molar-refractivity contribution in [2.75, 3.05) is 38.3 Å². The quantitative estimate of drug-likeness (QED) is 0.473. The Morgan fingerprint density at radius 3 is 2.63 bits per heavy atom. The van der Waals surface area contributed by atoms with Gasteiger partial charge in [0.05, 0.1) is 13.7 Å². The highest BCUT2D eigenvalue weighted by Crippen LogP contribution is 2.22. The number of halogens is 1. The van der Waals surface area contributed by atoms with Crippen LogP contribution in [0.3, 0.4) is 0 Å². The first-order chi connectivity index (χ1) is 14.6. The largest absolute Gasteiger partial charge is 0.467 e. The minimum Gasteiger partial charge on any atom is -0.467 e. The molecule has 0 spiro atoms. The number of amides is 1. The summed E-state index contributed by atoms with van der Waals surface area (Å²) in [6.07, 6.45) is 0.716. The summed E-state index contributed by atoms with van der Waals surface area (Å²) in [6.45, 7) is 2.45. The van der Waals surface area contributed by atoms with Gasteiger partial charge < -0.3 is 19.3 Å². The molecule has 1 aliphatic rings. The molecule has 1 amide bonds. The van der Waals surface area contributed by atoms with Crippen LogP contribution in [0.5, 0.6) is 0 Å². The number of esters is 1. The summed E-state index contributed by atoms with van der Waals surface area (Å²) in [7, 11) is 1.35. The highest BCUT2D eigenvalue weighted by Gasteiger charge is 2.32. The highest BCUT2D eigenvalue weighted by molar-refractivity contribution is 6.30. The van der Waals surface area contributed by atoms with Crippen molar-refractivity contribution >= 4 is 29.2 Å². The molecule has 0 bridgehead atoms. The molecule has 0 N–H and O–H groups in total. The number of anilines is 1. The lowest BCUT2D eigenvalue weighted by molar-refractivity contribution is -0.153. The van der Waals surface area contributed by atoms with Crippen LogP contribution in [0.1, 0.15) is 18.4 Å². The molecule has 7 heteroatoms. The van der Waals surface area contributed by atoms with Crippen molar-refractivity contribution in [1.29, 1.82) is 0 Å². The van der Waals surface area contributed by atoms with Crippen molar-refractivity contribution in [1.82, 2.24) is 4.90 Å². The maximum atomic E-state index is 12.8. The Morgan fingerprint density at radius 1 is 1.10 bits per heavy atom. The smallest absolute Gasteiger partial charge is 0.328 e. The third kappa shape index (κ3) is 5.97. The Bertz CT molecular complexity index is 846. The summed E-state index contributed by atoms with van der Waals surface area (Å²) in [5.41, 5.74) is 2.04. The molecule has 2 aromatic rings. The van der Waals surface area contributed by atoms with E-state index in [1.54, 1.807) is 4.90 Å². The lowest BCUT2D eigenvalue weighted by atomic mass is 10.1. The first-order valence-corrected chi connectivity index (χ1v) is 10.5. The van der Waals surface area contributed by atoms with Gasteiger partial charge in [0.25, 0.3) is 0 Å². The first-order valence-electron chi connectivity index (χ1n) is 10.1. The molecule has 0 radical (unpaired) electrons. The third-order valence-electron chi connectivity index (χ3n) is 5.20. The maximum absolute atomic E-state index is 12.8. The number of nitrogens with zero attached hydrogens (tertiary/aromatic N) is 2. The van der Waals surface area contributed by atoms with Crippen molar-refractivity contribution in [2.45, 2.75) is 25.5 Å². The Kier molecular flexibility index (Phi) is 8.11. The lowest BCUT2D eigenvalue weighted by Crippen LogP contribution is -2.47. The summed E-state index contributed by atoms with van der Waals surface area (Å²) in [6, 6.07) is 16.8. The molecule has 6 nitrogen and oxygen atoms in total. The molecule has 1 saturated heterocycles. The van der Waals surface area contributed by atoms with Crippen LogP contribution in [0, 0.1) is 0 Å². The van der Waals surface area contributed by atoms with Crippen LogP contribution in [0.4, 0.5) is 5.69 Å². The minimum absolute atomic E-state index is 0.0574. The zero-order chi connectivity index (χ0) is 21.3. The van der Waals surface area contributed by atoms with Crippen molar-refractivity contribution in [2.24, 2.45) is 0 Å². The second kappa shape index (κ2) is 11.0. The second-order valence-electron chi connectivity index (χ2n) is 7.17. The summed E-state index contributed by atoms with van der Waals surface area (Å²) in [5, 5.41) is 0.655. The van der Waals surface area contributed by atoms with Crippen molar-refractivity contribution in [3.63, 3.8) is 0 Å². The van der Waals surface area contributed by atoms with Gasteiger partial charge in [-0.3, -0.25) is 4.79 Å². The van der Waals surface area contributed by atoms with Gasteiger partial charge in [-0.25, -0.2) is 4.79 Å². The molecule has 1 heterocycles. The van der Waals surface area contributed by atoms with Gasteiger partial charge in [-0.15, -0.1) is 0 Å². The molecule has 30 heavy (non-hydrogen) atoms. The van der Waals surface area contributed by atoms with E-state index in [1.807, 2.05) is 54.6 Å². The predicted molar refractivity (Wildman–Crippen MR) is 117 cm³/mol. The zero-order valence-electron chi connectivity index (χ0n) is 17.1. The van der Waals surface area contributed by atoms with E-state index in [0.717, 1.165) is 11.3 Å². The molecule has 0 aromatic heterocycles. The minimum atomic E-state index is -0.655. The molecule has 1 atom stereocenters. The predicted octanol–water partition coefficient (Wildman–Crippen LogP) is 3.53. The zero-order valence-corrected chi connectivity index (χ0v) is 17.9. The number of ether oxygens (including phenoxy) is 2. The maximum Gasteiger partial charge on any atom is 0.328 e. The van der Waals surface area contributed by atoms with Crippen LogP contribution in [0.15, 0.2) is 54.6 Å². The van der Waals surface area contributed by atoms with Gasteiger partial charge in [-0.05, 0) is 23.8 Å². The van der Waals surface area contributed by atoms with Crippen LogP contribution < -0.4 is 4.90 Å². The van der Waals surface area contributed by atoms with Gasteiger partial charge in [0.15, 0.2) is 0 Å². The second-order valence-corrected chi connectivity index (χ2v) is 7.61. The average molecular weight is 431 g/mol. The summed E-state index contributed by atoms with van der Waals surface area (Å²) >= 11 is 6.11. The van der Waals surface area contributed by atoms with Gasteiger partial charge in [-0.2, -0.15) is 0 Å². The fraction of sp³-hybridized carbons (Fsp3) is 0.391. The third-order valence-corrected chi connectivity index (χ3v) is 5.43.